The third-order valence-corrected chi connectivity index (χ3v) is 8.04. The number of carbonyl (C=O) groups is 1. The summed E-state index contributed by atoms with van der Waals surface area (Å²) in [4.78, 5) is 26.5. The number of sulfonamides is 1. The molecule has 10 heteroatoms. The summed E-state index contributed by atoms with van der Waals surface area (Å²) in [7, 11) is -1.92. The molecule has 1 aromatic heterocycles. The summed E-state index contributed by atoms with van der Waals surface area (Å²) in [5, 5.41) is 2.74. The second-order valence-corrected chi connectivity index (χ2v) is 10.9. The molecule has 36 heavy (non-hydrogen) atoms. The Morgan fingerprint density at radius 1 is 0.917 bits per heavy atom. The van der Waals surface area contributed by atoms with Crippen LogP contribution in [0.5, 0.6) is 0 Å². The second-order valence-electron chi connectivity index (χ2n) is 8.22. The zero-order valence-corrected chi connectivity index (χ0v) is 21.7. The molecule has 4 aromatic rings. The minimum Gasteiger partial charge on any atom is -0.319 e. The first kappa shape index (κ1) is 25.3. The van der Waals surface area contributed by atoms with E-state index in [1.54, 1.807) is 67.2 Å². The molecule has 0 aliphatic rings. The van der Waals surface area contributed by atoms with E-state index in [0.717, 1.165) is 10.5 Å². The molecule has 0 spiro atoms. The number of amides is 1. The highest BCUT2D eigenvalue weighted by Crippen LogP contribution is 2.23. The van der Waals surface area contributed by atoms with Crippen LogP contribution in [-0.2, 0) is 21.9 Å². The molecule has 0 atom stereocenters. The Balaban J connectivity index is 1.38. The van der Waals surface area contributed by atoms with Crippen LogP contribution in [0.15, 0.2) is 93.4 Å². The van der Waals surface area contributed by atoms with Crippen molar-refractivity contribution in [3.05, 3.63) is 100 Å². The molecule has 0 fully saturated rings. The molecule has 0 bridgehead atoms. The maximum Gasteiger partial charge on any atom is 0.295 e. The SMILES string of the molecule is Cc1ccc(S(=O)(=O)Nc2ccc(SCC(=O)Nc3c(C)n(C)n(-c4ccccc4)c3=O)cc2)cc1. The molecule has 0 saturated heterocycles. The molecule has 2 N–H and O–H groups in total. The van der Waals surface area contributed by atoms with Crippen LogP contribution in [-0.4, -0.2) is 29.4 Å². The minimum atomic E-state index is -3.69. The number of nitrogens with one attached hydrogen (secondary N) is 2. The van der Waals surface area contributed by atoms with Gasteiger partial charge < -0.3 is 5.32 Å². The fourth-order valence-electron chi connectivity index (χ4n) is 3.59. The monoisotopic (exact) mass is 522 g/mol. The first-order chi connectivity index (χ1) is 17.2. The van der Waals surface area contributed by atoms with Gasteiger partial charge in [-0.15, -0.1) is 11.8 Å². The van der Waals surface area contributed by atoms with Crippen molar-refractivity contribution in [2.45, 2.75) is 23.6 Å². The van der Waals surface area contributed by atoms with Crippen molar-refractivity contribution in [1.29, 1.82) is 0 Å². The Morgan fingerprint density at radius 2 is 1.56 bits per heavy atom. The fraction of sp³-hybridized carbons (Fsp3) is 0.154. The lowest BCUT2D eigenvalue weighted by atomic mass is 10.2. The van der Waals surface area contributed by atoms with Crippen molar-refractivity contribution in [3.63, 3.8) is 0 Å². The van der Waals surface area contributed by atoms with Crippen LogP contribution >= 0.6 is 11.8 Å². The smallest absolute Gasteiger partial charge is 0.295 e. The molecular weight excluding hydrogens is 496 g/mol. The molecule has 3 aromatic carbocycles. The third-order valence-electron chi connectivity index (χ3n) is 5.63. The van der Waals surface area contributed by atoms with E-state index in [1.165, 1.54) is 16.4 Å². The zero-order valence-electron chi connectivity index (χ0n) is 20.1. The van der Waals surface area contributed by atoms with E-state index < -0.39 is 10.0 Å². The average Bonchev–Trinajstić information content (AvgIpc) is 3.07. The molecule has 0 radical (unpaired) electrons. The topological polar surface area (TPSA) is 102 Å². The Morgan fingerprint density at radius 3 is 2.19 bits per heavy atom. The molecule has 4 rings (SSSR count). The summed E-state index contributed by atoms with van der Waals surface area (Å²) in [5.74, 6) is -0.219. The summed E-state index contributed by atoms with van der Waals surface area (Å²) < 4.78 is 30.9. The van der Waals surface area contributed by atoms with Crippen LogP contribution in [0.4, 0.5) is 11.4 Å². The van der Waals surface area contributed by atoms with E-state index in [2.05, 4.69) is 10.0 Å². The van der Waals surface area contributed by atoms with E-state index in [0.29, 0.717) is 17.1 Å². The molecule has 0 aliphatic heterocycles. The number of aromatic nitrogens is 2. The van der Waals surface area contributed by atoms with Gasteiger partial charge in [-0.05, 0) is 62.4 Å². The van der Waals surface area contributed by atoms with Crippen molar-refractivity contribution >= 4 is 39.1 Å². The van der Waals surface area contributed by atoms with Crippen molar-refractivity contribution in [2.75, 3.05) is 15.8 Å². The maximum atomic E-state index is 13.0. The van der Waals surface area contributed by atoms with Crippen LogP contribution in [0.2, 0.25) is 0 Å². The van der Waals surface area contributed by atoms with Gasteiger partial charge in [0.25, 0.3) is 15.6 Å². The zero-order chi connectivity index (χ0) is 25.9. The number of aryl methyl sites for hydroxylation is 1. The highest BCUT2D eigenvalue weighted by Gasteiger charge is 2.18. The highest BCUT2D eigenvalue weighted by atomic mass is 32.2. The van der Waals surface area contributed by atoms with Crippen molar-refractivity contribution in [1.82, 2.24) is 9.36 Å². The van der Waals surface area contributed by atoms with E-state index >= 15 is 0 Å². The normalized spacial score (nSPS) is 11.3. The number of benzene rings is 3. The number of rotatable bonds is 8. The average molecular weight is 523 g/mol. The van der Waals surface area contributed by atoms with E-state index in [1.807, 2.05) is 37.3 Å². The van der Waals surface area contributed by atoms with Gasteiger partial charge in [-0.25, -0.2) is 13.1 Å². The van der Waals surface area contributed by atoms with Gasteiger partial charge in [0, 0.05) is 17.6 Å². The van der Waals surface area contributed by atoms with Crippen LogP contribution in [0.25, 0.3) is 5.69 Å². The van der Waals surface area contributed by atoms with Gasteiger partial charge in [0.2, 0.25) is 5.91 Å². The predicted octanol–water partition coefficient (Wildman–Crippen LogP) is 4.32. The van der Waals surface area contributed by atoms with E-state index in [9.17, 15) is 18.0 Å². The standard InChI is InChI=1S/C26H26N4O4S2/c1-18-9-15-23(16-10-18)36(33,34)28-20-11-13-22(14-12-20)35-17-24(31)27-25-19(2)29(3)30(26(25)32)21-7-5-4-6-8-21/h4-16,28H,17H2,1-3H3,(H,27,31). The first-order valence-electron chi connectivity index (χ1n) is 11.1. The van der Waals surface area contributed by atoms with Crippen LogP contribution < -0.4 is 15.6 Å². The number of hydrogen-bond acceptors (Lipinski definition) is 5. The molecule has 1 amide bonds. The van der Waals surface area contributed by atoms with Crippen molar-refractivity contribution in [2.24, 2.45) is 7.05 Å². The number of carbonyl (C=O) groups excluding carboxylic acids is 1. The summed E-state index contributed by atoms with van der Waals surface area (Å²) in [6, 6.07) is 22.6. The number of nitrogens with zero attached hydrogens (tertiary/aromatic N) is 2. The van der Waals surface area contributed by atoms with Gasteiger partial charge in [0.1, 0.15) is 5.69 Å². The van der Waals surface area contributed by atoms with Crippen molar-refractivity contribution < 1.29 is 13.2 Å². The largest absolute Gasteiger partial charge is 0.319 e. The van der Waals surface area contributed by atoms with Gasteiger partial charge in [0.05, 0.1) is 22.0 Å². The van der Waals surface area contributed by atoms with Crippen LogP contribution in [0.1, 0.15) is 11.3 Å². The summed E-state index contributed by atoms with van der Waals surface area (Å²) in [6.45, 7) is 3.67. The lowest BCUT2D eigenvalue weighted by Crippen LogP contribution is -2.23. The molecule has 1 heterocycles. The van der Waals surface area contributed by atoms with Crippen LogP contribution in [0.3, 0.4) is 0 Å². The van der Waals surface area contributed by atoms with Gasteiger partial charge in [-0.1, -0.05) is 35.9 Å². The quantitative estimate of drug-likeness (QED) is 0.336. The van der Waals surface area contributed by atoms with Gasteiger partial charge >= 0.3 is 0 Å². The summed E-state index contributed by atoms with van der Waals surface area (Å²) in [5.41, 5.74) is 2.69. The third kappa shape index (κ3) is 5.55. The van der Waals surface area contributed by atoms with Gasteiger partial charge in [-0.3, -0.25) is 19.0 Å². The molecule has 0 unspecified atom stereocenters. The van der Waals surface area contributed by atoms with Gasteiger partial charge in [0.15, 0.2) is 0 Å². The Bertz CT molecular complexity index is 1540. The Kier molecular flexibility index (Phi) is 7.37. The second kappa shape index (κ2) is 10.5. The molecule has 8 nitrogen and oxygen atoms in total. The lowest BCUT2D eigenvalue weighted by molar-refractivity contribution is -0.113. The highest BCUT2D eigenvalue weighted by molar-refractivity contribution is 8.00. The molecule has 0 aliphatic carbocycles. The molecular formula is C26H26N4O4S2. The number of anilines is 2. The molecule has 186 valence electrons. The number of thioether (sulfide) groups is 1. The van der Waals surface area contributed by atoms with E-state index in [4.69, 9.17) is 0 Å². The fourth-order valence-corrected chi connectivity index (χ4v) is 5.34. The Labute approximate surface area is 214 Å². The minimum absolute atomic E-state index is 0.0908. The van der Waals surface area contributed by atoms with Crippen molar-refractivity contribution in [3.8, 4) is 5.69 Å². The molecule has 0 saturated carbocycles. The summed E-state index contributed by atoms with van der Waals surface area (Å²) in [6.07, 6.45) is 0. The summed E-state index contributed by atoms with van der Waals surface area (Å²) >= 11 is 1.29. The van der Waals surface area contributed by atoms with Crippen LogP contribution in [0, 0.1) is 13.8 Å². The Hall–Kier alpha value is -3.76. The number of para-hydroxylation sites is 1. The predicted molar refractivity (Wildman–Crippen MR) is 144 cm³/mol. The lowest BCUT2D eigenvalue weighted by Gasteiger charge is -2.09. The first-order valence-corrected chi connectivity index (χ1v) is 13.6. The van der Waals surface area contributed by atoms with Gasteiger partial charge in [-0.2, -0.15) is 0 Å². The maximum absolute atomic E-state index is 13.0. The van der Waals surface area contributed by atoms with E-state index in [-0.39, 0.29) is 27.8 Å². The number of hydrogen-bond donors (Lipinski definition) is 2.